The summed E-state index contributed by atoms with van der Waals surface area (Å²) in [6, 6.07) is 1.88. The first kappa shape index (κ1) is 8.53. The maximum Gasteiger partial charge on any atom is 0.0697 e. The highest BCUT2D eigenvalue weighted by molar-refractivity contribution is 5.64. The molecule has 0 bridgehead atoms. The van der Waals surface area contributed by atoms with Gasteiger partial charge in [-0.15, -0.1) is 0 Å². The topological polar surface area (TPSA) is 38.9 Å². The van der Waals surface area contributed by atoms with Crippen molar-refractivity contribution in [2.45, 2.75) is 6.92 Å². The molecule has 1 heterocycles. The van der Waals surface area contributed by atoms with Crippen molar-refractivity contribution in [3.8, 4) is 0 Å². The van der Waals surface area contributed by atoms with Crippen LogP contribution in [0.5, 0.6) is 0 Å². The van der Waals surface area contributed by atoms with Gasteiger partial charge in [0.2, 0.25) is 0 Å². The maximum absolute atomic E-state index is 5.58. The molecule has 2 N–H and O–H groups in total. The molecule has 0 fully saturated rings. The zero-order valence-electron chi connectivity index (χ0n) is 7.12. The number of nitrogens with two attached hydrogens (primary N) is 1. The Bertz CT molecular complexity index is 314. The molecule has 1 aromatic heterocycles. The van der Waals surface area contributed by atoms with Crippen LogP contribution in [-0.4, -0.2) is 4.98 Å². The molecule has 0 aromatic carbocycles. The lowest BCUT2D eigenvalue weighted by Gasteiger charge is -2.00. The third kappa shape index (κ3) is 1.72. The summed E-state index contributed by atoms with van der Waals surface area (Å²) >= 11 is 0. The molecular weight excluding hydrogens is 148 g/mol. The minimum absolute atomic E-state index is 0.675. The van der Waals surface area contributed by atoms with Crippen LogP contribution < -0.4 is 5.73 Å². The van der Waals surface area contributed by atoms with E-state index in [4.69, 9.17) is 5.73 Å². The third-order valence-electron chi connectivity index (χ3n) is 1.51. The maximum atomic E-state index is 5.58. The average Bonchev–Trinajstić information content (AvgIpc) is 2.05. The van der Waals surface area contributed by atoms with Crippen LogP contribution in [-0.2, 0) is 0 Å². The fourth-order valence-corrected chi connectivity index (χ4v) is 0.993. The second-order valence-electron chi connectivity index (χ2n) is 2.45. The quantitative estimate of drug-likeness (QED) is 0.721. The van der Waals surface area contributed by atoms with E-state index in [0.29, 0.717) is 5.69 Å². The first-order valence-electron chi connectivity index (χ1n) is 3.78. The normalized spacial score (nSPS) is 10.4. The predicted molar refractivity (Wildman–Crippen MR) is 53.4 cm³/mol. The van der Waals surface area contributed by atoms with Crippen LogP contribution in [0.3, 0.4) is 0 Å². The van der Waals surface area contributed by atoms with Crippen LogP contribution in [0.25, 0.3) is 12.2 Å². The summed E-state index contributed by atoms with van der Waals surface area (Å²) in [4.78, 5) is 4.12. The molecule has 0 aliphatic carbocycles. The van der Waals surface area contributed by atoms with Crippen LogP contribution in [0.1, 0.15) is 18.2 Å². The number of anilines is 1. The Morgan fingerprint density at radius 3 is 2.92 bits per heavy atom. The Kier molecular flexibility index (Phi) is 2.64. The zero-order chi connectivity index (χ0) is 8.97. The molecule has 0 unspecified atom stereocenters. The lowest BCUT2D eigenvalue weighted by atomic mass is 10.1. The summed E-state index contributed by atoms with van der Waals surface area (Å²) in [6.07, 6.45) is 7.25. The van der Waals surface area contributed by atoms with E-state index in [-0.39, 0.29) is 0 Å². The molecule has 0 saturated carbocycles. The van der Waals surface area contributed by atoms with Crippen LogP contribution in [0, 0.1) is 0 Å². The van der Waals surface area contributed by atoms with Gasteiger partial charge in [0, 0.05) is 5.56 Å². The number of nitrogens with zero attached hydrogens (tertiary/aromatic N) is 1. The minimum Gasteiger partial charge on any atom is -0.397 e. The van der Waals surface area contributed by atoms with E-state index in [1.807, 2.05) is 25.1 Å². The molecule has 2 heteroatoms. The van der Waals surface area contributed by atoms with Gasteiger partial charge in [0.1, 0.15) is 0 Å². The molecule has 0 spiro atoms. The Morgan fingerprint density at radius 2 is 2.33 bits per heavy atom. The fourth-order valence-electron chi connectivity index (χ4n) is 0.993. The molecule has 0 amide bonds. The van der Waals surface area contributed by atoms with E-state index in [1.54, 1.807) is 12.3 Å². The number of hydrogen-bond donors (Lipinski definition) is 1. The van der Waals surface area contributed by atoms with E-state index >= 15 is 0 Å². The van der Waals surface area contributed by atoms with E-state index in [2.05, 4.69) is 11.6 Å². The highest BCUT2D eigenvalue weighted by atomic mass is 14.7. The molecule has 0 aliphatic heterocycles. The Balaban J connectivity index is 3.20. The van der Waals surface area contributed by atoms with Crippen molar-refractivity contribution in [2.75, 3.05) is 5.73 Å². The van der Waals surface area contributed by atoms with Crippen LogP contribution in [0.4, 0.5) is 5.69 Å². The highest BCUT2D eigenvalue weighted by Crippen LogP contribution is 2.12. The minimum atomic E-state index is 0.675. The van der Waals surface area contributed by atoms with E-state index in [0.717, 1.165) is 11.3 Å². The second-order valence-corrected chi connectivity index (χ2v) is 2.45. The van der Waals surface area contributed by atoms with Gasteiger partial charge in [-0.1, -0.05) is 18.7 Å². The van der Waals surface area contributed by atoms with Gasteiger partial charge in [0.05, 0.1) is 17.6 Å². The summed E-state index contributed by atoms with van der Waals surface area (Å²) in [5.74, 6) is 0. The Hall–Kier alpha value is -1.57. The number of rotatable bonds is 2. The Morgan fingerprint density at radius 1 is 1.58 bits per heavy atom. The van der Waals surface area contributed by atoms with Gasteiger partial charge in [-0.25, -0.2) is 0 Å². The predicted octanol–water partition coefficient (Wildman–Crippen LogP) is 2.34. The second kappa shape index (κ2) is 3.72. The molecule has 1 rings (SSSR count). The molecule has 0 aliphatic rings. The molecule has 0 saturated heterocycles. The molecule has 12 heavy (non-hydrogen) atoms. The Labute approximate surface area is 72.4 Å². The first-order chi connectivity index (χ1) is 5.77. The molecule has 0 atom stereocenters. The van der Waals surface area contributed by atoms with Crippen molar-refractivity contribution in [2.24, 2.45) is 0 Å². The van der Waals surface area contributed by atoms with Gasteiger partial charge in [0.15, 0.2) is 0 Å². The standard InChI is InChI=1S/C10H12N2/c1-3-5-8-6-9(11)7-12-10(8)4-2/h3-7H,2,11H2,1H3/b5-3-. The van der Waals surface area contributed by atoms with Gasteiger partial charge >= 0.3 is 0 Å². The molecular formula is C10H12N2. The van der Waals surface area contributed by atoms with E-state index in [9.17, 15) is 0 Å². The lowest BCUT2D eigenvalue weighted by molar-refractivity contribution is 1.29. The van der Waals surface area contributed by atoms with Crippen molar-refractivity contribution in [1.29, 1.82) is 0 Å². The number of nitrogen functional groups attached to an aromatic ring is 1. The smallest absolute Gasteiger partial charge is 0.0697 e. The van der Waals surface area contributed by atoms with Crippen molar-refractivity contribution >= 4 is 17.8 Å². The van der Waals surface area contributed by atoms with Crippen LogP contribution in [0.2, 0.25) is 0 Å². The lowest BCUT2D eigenvalue weighted by Crippen LogP contribution is -1.91. The van der Waals surface area contributed by atoms with Gasteiger partial charge < -0.3 is 5.73 Å². The SMILES string of the molecule is C=Cc1ncc(N)cc1/C=C\C. The summed E-state index contributed by atoms with van der Waals surface area (Å²) in [5, 5.41) is 0. The van der Waals surface area contributed by atoms with Gasteiger partial charge in [-0.2, -0.15) is 0 Å². The highest BCUT2D eigenvalue weighted by Gasteiger charge is 1.96. The van der Waals surface area contributed by atoms with Crippen LogP contribution in [0.15, 0.2) is 24.9 Å². The van der Waals surface area contributed by atoms with E-state index in [1.165, 1.54) is 0 Å². The molecule has 0 radical (unpaired) electrons. The third-order valence-corrected chi connectivity index (χ3v) is 1.51. The van der Waals surface area contributed by atoms with Gasteiger partial charge in [-0.3, -0.25) is 4.98 Å². The van der Waals surface area contributed by atoms with E-state index < -0.39 is 0 Å². The summed E-state index contributed by atoms with van der Waals surface area (Å²) in [7, 11) is 0. The molecule has 62 valence electrons. The largest absolute Gasteiger partial charge is 0.397 e. The van der Waals surface area contributed by atoms with Crippen molar-refractivity contribution in [3.05, 3.63) is 36.2 Å². The monoisotopic (exact) mass is 160 g/mol. The number of aromatic nitrogens is 1. The summed E-state index contributed by atoms with van der Waals surface area (Å²) in [5.41, 5.74) is 8.13. The fraction of sp³-hybridized carbons (Fsp3) is 0.100. The molecule has 1 aromatic rings. The summed E-state index contributed by atoms with van der Waals surface area (Å²) in [6.45, 7) is 5.62. The van der Waals surface area contributed by atoms with Crippen molar-refractivity contribution < 1.29 is 0 Å². The van der Waals surface area contributed by atoms with Crippen molar-refractivity contribution in [3.63, 3.8) is 0 Å². The zero-order valence-corrected chi connectivity index (χ0v) is 7.12. The number of pyridine rings is 1. The van der Waals surface area contributed by atoms with Crippen LogP contribution >= 0.6 is 0 Å². The van der Waals surface area contributed by atoms with Gasteiger partial charge in [-0.05, 0) is 19.1 Å². The average molecular weight is 160 g/mol. The molecule has 2 nitrogen and oxygen atoms in total. The number of hydrogen-bond acceptors (Lipinski definition) is 2. The first-order valence-corrected chi connectivity index (χ1v) is 3.78. The van der Waals surface area contributed by atoms with Crippen molar-refractivity contribution in [1.82, 2.24) is 4.98 Å². The van der Waals surface area contributed by atoms with Gasteiger partial charge in [0.25, 0.3) is 0 Å². The number of allylic oxidation sites excluding steroid dienone is 1. The summed E-state index contributed by atoms with van der Waals surface area (Å²) < 4.78 is 0.